The van der Waals surface area contributed by atoms with Gasteiger partial charge in [-0.05, 0) is 13.3 Å². The summed E-state index contributed by atoms with van der Waals surface area (Å²) in [4.78, 5) is 4.13. The van der Waals surface area contributed by atoms with Crippen molar-refractivity contribution in [2.45, 2.75) is 25.8 Å². The Morgan fingerprint density at radius 3 is 2.67 bits per heavy atom. The first-order chi connectivity index (χ1) is 7.07. The van der Waals surface area contributed by atoms with Gasteiger partial charge in [0.25, 0.3) is 0 Å². The minimum Gasteiger partial charge on any atom is -0.481 e. The topological polar surface area (TPSA) is 57.4 Å². The summed E-state index contributed by atoms with van der Waals surface area (Å²) in [6.07, 6.45) is 0.858. The highest BCUT2D eigenvalue weighted by molar-refractivity contribution is 5.19. The second-order valence-electron chi connectivity index (χ2n) is 3.81. The van der Waals surface area contributed by atoms with E-state index in [9.17, 15) is 0 Å². The molecule has 2 N–H and O–H groups in total. The maximum absolute atomic E-state index is 5.95. The van der Waals surface area contributed by atoms with E-state index >= 15 is 0 Å². The zero-order chi connectivity index (χ0) is 11.3. The van der Waals surface area contributed by atoms with E-state index in [2.05, 4.69) is 4.98 Å². The fraction of sp³-hybridized carbons (Fsp3) is 0.545. The van der Waals surface area contributed by atoms with E-state index in [1.807, 2.05) is 19.9 Å². The lowest BCUT2D eigenvalue weighted by Crippen LogP contribution is -2.41. The molecule has 0 saturated carbocycles. The predicted molar refractivity (Wildman–Crippen MR) is 59.2 cm³/mol. The van der Waals surface area contributed by atoms with Crippen molar-refractivity contribution in [3.63, 3.8) is 0 Å². The standard InChI is InChI=1S/C11H18N2O2/c1-4-11(2,12)8-15-10-7-5-6-9(13-10)14-3/h5-7H,4,8,12H2,1-3H3. The average Bonchev–Trinajstić information content (AvgIpc) is 2.27. The number of hydrogen-bond donors (Lipinski definition) is 1. The Hall–Kier alpha value is -1.29. The Labute approximate surface area is 90.4 Å². The molecule has 1 heterocycles. The van der Waals surface area contributed by atoms with Crippen molar-refractivity contribution in [2.75, 3.05) is 13.7 Å². The second-order valence-corrected chi connectivity index (χ2v) is 3.81. The van der Waals surface area contributed by atoms with Crippen LogP contribution in [0.4, 0.5) is 0 Å². The van der Waals surface area contributed by atoms with Gasteiger partial charge in [0.2, 0.25) is 11.8 Å². The monoisotopic (exact) mass is 210 g/mol. The number of methoxy groups -OCH3 is 1. The Bertz CT molecular complexity index is 313. The number of ether oxygens (including phenoxy) is 2. The van der Waals surface area contributed by atoms with Crippen LogP contribution in [0, 0.1) is 0 Å². The molecule has 4 nitrogen and oxygen atoms in total. The molecule has 15 heavy (non-hydrogen) atoms. The molecule has 1 unspecified atom stereocenters. The average molecular weight is 210 g/mol. The summed E-state index contributed by atoms with van der Waals surface area (Å²) in [5, 5.41) is 0. The Morgan fingerprint density at radius 1 is 1.40 bits per heavy atom. The Kier molecular flexibility index (Phi) is 3.91. The van der Waals surface area contributed by atoms with Gasteiger partial charge >= 0.3 is 0 Å². The molecule has 1 aromatic heterocycles. The van der Waals surface area contributed by atoms with E-state index in [0.717, 1.165) is 6.42 Å². The van der Waals surface area contributed by atoms with Crippen molar-refractivity contribution in [1.29, 1.82) is 0 Å². The summed E-state index contributed by atoms with van der Waals surface area (Å²) >= 11 is 0. The highest BCUT2D eigenvalue weighted by atomic mass is 16.5. The van der Waals surface area contributed by atoms with Gasteiger partial charge in [0.05, 0.1) is 7.11 Å². The molecule has 0 radical (unpaired) electrons. The lowest BCUT2D eigenvalue weighted by Gasteiger charge is -2.22. The third kappa shape index (κ3) is 3.75. The van der Waals surface area contributed by atoms with Crippen molar-refractivity contribution in [2.24, 2.45) is 5.73 Å². The van der Waals surface area contributed by atoms with Crippen LogP contribution >= 0.6 is 0 Å². The molecule has 1 aromatic rings. The van der Waals surface area contributed by atoms with Gasteiger partial charge < -0.3 is 15.2 Å². The number of rotatable bonds is 5. The van der Waals surface area contributed by atoms with Crippen molar-refractivity contribution in [1.82, 2.24) is 4.98 Å². The fourth-order valence-corrected chi connectivity index (χ4v) is 0.931. The van der Waals surface area contributed by atoms with Gasteiger partial charge in [-0.1, -0.05) is 13.0 Å². The third-order valence-corrected chi connectivity index (χ3v) is 2.26. The lowest BCUT2D eigenvalue weighted by atomic mass is 10.0. The number of nitrogens with two attached hydrogens (primary N) is 1. The summed E-state index contributed by atoms with van der Waals surface area (Å²) in [5.74, 6) is 1.09. The van der Waals surface area contributed by atoms with Gasteiger partial charge in [0.15, 0.2) is 0 Å². The van der Waals surface area contributed by atoms with Crippen molar-refractivity contribution >= 4 is 0 Å². The maximum atomic E-state index is 5.95. The molecule has 4 heteroatoms. The molecule has 0 saturated heterocycles. The molecule has 84 valence electrons. The highest BCUT2D eigenvalue weighted by Gasteiger charge is 2.16. The normalized spacial score (nSPS) is 14.4. The first kappa shape index (κ1) is 11.8. The molecule has 0 fully saturated rings. The Morgan fingerprint density at radius 2 is 2.07 bits per heavy atom. The molecular weight excluding hydrogens is 192 g/mol. The fourth-order valence-electron chi connectivity index (χ4n) is 0.931. The Balaban J connectivity index is 2.57. The molecule has 0 aromatic carbocycles. The second kappa shape index (κ2) is 4.98. The molecule has 0 aliphatic rings. The third-order valence-electron chi connectivity index (χ3n) is 2.26. The van der Waals surface area contributed by atoms with Crippen LogP contribution in [-0.4, -0.2) is 24.2 Å². The van der Waals surface area contributed by atoms with Crippen molar-refractivity contribution < 1.29 is 9.47 Å². The molecule has 0 aliphatic heterocycles. The summed E-state index contributed by atoms with van der Waals surface area (Å²) in [6.45, 7) is 4.43. The van der Waals surface area contributed by atoms with Gasteiger partial charge in [-0.15, -0.1) is 0 Å². The molecule has 0 aliphatic carbocycles. The zero-order valence-corrected chi connectivity index (χ0v) is 9.49. The van der Waals surface area contributed by atoms with Crippen molar-refractivity contribution in [3.05, 3.63) is 18.2 Å². The van der Waals surface area contributed by atoms with Gasteiger partial charge in [-0.2, -0.15) is 4.98 Å². The van der Waals surface area contributed by atoms with Gasteiger partial charge in [-0.25, -0.2) is 0 Å². The largest absolute Gasteiger partial charge is 0.481 e. The SMILES string of the molecule is CCC(C)(N)COc1cccc(OC)n1. The van der Waals surface area contributed by atoms with Crippen LogP contribution in [0.3, 0.4) is 0 Å². The summed E-state index contributed by atoms with van der Waals surface area (Å²) < 4.78 is 10.5. The summed E-state index contributed by atoms with van der Waals surface area (Å²) in [6, 6.07) is 5.39. The molecule has 0 amide bonds. The first-order valence-corrected chi connectivity index (χ1v) is 5.00. The number of hydrogen-bond acceptors (Lipinski definition) is 4. The molecule has 0 bridgehead atoms. The van der Waals surface area contributed by atoms with E-state index in [0.29, 0.717) is 18.4 Å². The van der Waals surface area contributed by atoms with Crippen LogP contribution in [-0.2, 0) is 0 Å². The highest BCUT2D eigenvalue weighted by Crippen LogP contribution is 2.14. The lowest BCUT2D eigenvalue weighted by molar-refractivity contribution is 0.216. The van der Waals surface area contributed by atoms with Gasteiger partial charge in [-0.3, -0.25) is 0 Å². The summed E-state index contributed by atoms with van der Waals surface area (Å²) in [7, 11) is 1.57. The van der Waals surface area contributed by atoms with Gasteiger partial charge in [0.1, 0.15) is 6.61 Å². The van der Waals surface area contributed by atoms with Crippen LogP contribution in [0.25, 0.3) is 0 Å². The van der Waals surface area contributed by atoms with Crippen LogP contribution in [0.15, 0.2) is 18.2 Å². The van der Waals surface area contributed by atoms with E-state index in [1.165, 1.54) is 0 Å². The van der Waals surface area contributed by atoms with E-state index in [4.69, 9.17) is 15.2 Å². The summed E-state index contributed by atoms with van der Waals surface area (Å²) in [5.41, 5.74) is 5.64. The maximum Gasteiger partial charge on any atom is 0.216 e. The van der Waals surface area contributed by atoms with Crippen LogP contribution < -0.4 is 15.2 Å². The van der Waals surface area contributed by atoms with Crippen molar-refractivity contribution in [3.8, 4) is 11.8 Å². The van der Waals surface area contributed by atoms with Crippen LogP contribution in [0.1, 0.15) is 20.3 Å². The van der Waals surface area contributed by atoms with E-state index in [-0.39, 0.29) is 5.54 Å². The zero-order valence-electron chi connectivity index (χ0n) is 9.49. The predicted octanol–water partition coefficient (Wildman–Crippen LogP) is 1.60. The number of nitrogens with zero attached hydrogens (tertiary/aromatic N) is 1. The number of pyridine rings is 1. The quantitative estimate of drug-likeness (QED) is 0.802. The minimum atomic E-state index is -0.315. The molecule has 1 atom stereocenters. The van der Waals surface area contributed by atoms with Crippen LogP contribution in [0.5, 0.6) is 11.8 Å². The van der Waals surface area contributed by atoms with E-state index < -0.39 is 0 Å². The smallest absolute Gasteiger partial charge is 0.216 e. The first-order valence-electron chi connectivity index (χ1n) is 5.00. The molecule has 0 spiro atoms. The molecular formula is C11H18N2O2. The minimum absolute atomic E-state index is 0.315. The number of aromatic nitrogens is 1. The van der Waals surface area contributed by atoms with Gasteiger partial charge in [0, 0.05) is 17.7 Å². The molecule has 1 rings (SSSR count). The van der Waals surface area contributed by atoms with Crippen LogP contribution in [0.2, 0.25) is 0 Å². The van der Waals surface area contributed by atoms with E-state index in [1.54, 1.807) is 19.2 Å².